The molecule has 0 radical (unpaired) electrons. The number of carbonyl (C=O) groups excluding carboxylic acids is 1. The van der Waals surface area contributed by atoms with E-state index in [1.807, 2.05) is 28.5 Å². The molecule has 0 saturated carbocycles. The quantitative estimate of drug-likeness (QED) is 0.633. The molecule has 1 amide bonds. The fraction of sp³-hybridized carbons (Fsp3) is 0.273. The Morgan fingerprint density at radius 3 is 2.52 bits per heavy atom. The van der Waals surface area contributed by atoms with Gasteiger partial charge in [-0.05, 0) is 29.5 Å². The van der Waals surface area contributed by atoms with E-state index in [1.54, 1.807) is 17.5 Å². The summed E-state index contributed by atoms with van der Waals surface area (Å²) in [5.41, 5.74) is 3.48. The zero-order valence-electron chi connectivity index (χ0n) is 15.1. The molecule has 1 aromatic heterocycles. The Hall–Kier alpha value is -2.50. The Balaban J connectivity index is 1.51. The molecule has 0 unspecified atom stereocenters. The molecule has 0 bridgehead atoms. The van der Waals surface area contributed by atoms with E-state index in [2.05, 4.69) is 41.4 Å². The molecule has 5 heteroatoms. The van der Waals surface area contributed by atoms with Gasteiger partial charge in [-0.2, -0.15) is 0 Å². The third-order valence-electron chi connectivity index (χ3n) is 4.76. The third-order valence-corrected chi connectivity index (χ3v) is 5.53. The van der Waals surface area contributed by atoms with E-state index in [0.717, 1.165) is 23.4 Å². The summed E-state index contributed by atoms with van der Waals surface area (Å²) in [7, 11) is 0. The molecule has 138 valence electrons. The summed E-state index contributed by atoms with van der Waals surface area (Å²) in [4.78, 5) is 19.2. The molecular weight excluding hydrogens is 356 g/mol. The number of hydrogen-bond acceptors (Lipinski definition) is 4. The first kappa shape index (κ1) is 17.9. The zero-order valence-corrected chi connectivity index (χ0v) is 15.9. The average molecular weight is 378 g/mol. The second-order valence-electron chi connectivity index (χ2n) is 6.68. The van der Waals surface area contributed by atoms with Gasteiger partial charge in [-0.1, -0.05) is 54.6 Å². The number of thiazole rings is 1. The fourth-order valence-electron chi connectivity index (χ4n) is 3.34. The summed E-state index contributed by atoms with van der Waals surface area (Å²) in [5, 5.41) is 2.89. The summed E-state index contributed by atoms with van der Waals surface area (Å²) in [5.74, 6) is 0.0647. The van der Waals surface area contributed by atoms with Crippen molar-refractivity contribution >= 4 is 17.2 Å². The number of nitrogens with zero attached hydrogens (tertiary/aromatic N) is 2. The molecule has 1 aliphatic heterocycles. The molecule has 4 nitrogen and oxygen atoms in total. The fourth-order valence-corrected chi connectivity index (χ4v) is 3.97. The molecule has 0 N–H and O–H groups in total. The van der Waals surface area contributed by atoms with Crippen LogP contribution >= 0.6 is 11.3 Å². The molecule has 2 aromatic carbocycles. The highest BCUT2D eigenvalue weighted by Crippen LogP contribution is 2.22. The number of carbonyl (C=O) groups is 1. The van der Waals surface area contributed by atoms with Crippen LogP contribution in [0.3, 0.4) is 0 Å². The normalized spacial score (nSPS) is 16.4. The van der Waals surface area contributed by atoms with E-state index in [-0.39, 0.29) is 12.0 Å². The van der Waals surface area contributed by atoms with Gasteiger partial charge in [-0.3, -0.25) is 4.79 Å². The number of rotatable bonds is 6. The first-order valence-corrected chi connectivity index (χ1v) is 10.1. The van der Waals surface area contributed by atoms with Crippen LogP contribution < -0.4 is 0 Å². The predicted molar refractivity (Wildman–Crippen MR) is 107 cm³/mol. The Morgan fingerprint density at radius 1 is 1.07 bits per heavy atom. The van der Waals surface area contributed by atoms with Crippen LogP contribution in [0.5, 0.6) is 0 Å². The molecule has 27 heavy (non-hydrogen) atoms. The van der Waals surface area contributed by atoms with Gasteiger partial charge >= 0.3 is 0 Å². The lowest BCUT2D eigenvalue weighted by Gasteiger charge is -2.24. The van der Waals surface area contributed by atoms with E-state index in [0.29, 0.717) is 19.7 Å². The molecule has 1 atom stereocenters. The van der Waals surface area contributed by atoms with Gasteiger partial charge in [0.2, 0.25) is 0 Å². The van der Waals surface area contributed by atoms with Crippen LogP contribution in [0.4, 0.5) is 0 Å². The first-order chi connectivity index (χ1) is 13.3. The highest BCUT2D eigenvalue weighted by atomic mass is 32.1. The molecule has 2 heterocycles. The minimum atomic E-state index is -0.312. The van der Waals surface area contributed by atoms with Crippen molar-refractivity contribution in [2.24, 2.45) is 0 Å². The largest absolute Gasteiger partial charge is 0.368 e. The van der Waals surface area contributed by atoms with Gasteiger partial charge < -0.3 is 9.64 Å². The van der Waals surface area contributed by atoms with E-state index in [1.165, 1.54) is 11.1 Å². The lowest BCUT2D eigenvalue weighted by atomic mass is 10.0. The highest BCUT2D eigenvalue weighted by Gasteiger charge is 2.28. The van der Waals surface area contributed by atoms with Crippen molar-refractivity contribution in [2.75, 3.05) is 6.61 Å². The average Bonchev–Trinajstić information content (AvgIpc) is 3.42. The van der Waals surface area contributed by atoms with Crippen molar-refractivity contribution in [3.8, 4) is 11.1 Å². The van der Waals surface area contributed by atoms with Crippen molar-refractivity contribution in [1.82, 2.24) is 9.88 Å². The Kier molecular flexibility index (Phi) is 5.61. The summed E-state index contributed by atoms with van der Waals surface area (Å²) >= 11 is 1.58. The topological polar surface area (TPSA) is 42.4 Å². The Morgan fingerprint density at radius 2 is 1.85 bits per heavy atom. The number of benzene rings is 2. The lowest BCUT2D eigenvalue weighted by Crippen LogP contribution is -2.38. The summed E-state index contributed by atoms with van der Waals surface area (Å²) < 4.78 is 5.62. The van der Waals surface area contributed by atoms with Gasteiger partial charge in [0.25, 0.3) is 5.91 Å². The summed E-state index contributed by atoms with van der Waals surface area (Å²) in [6.45, 7) is 1.76. The van der Waals surface area contributed by atoms with E-state index in [4.69, 9.17) is 4.74 Å². The van der Waals surface area contributed by atoms with Crippen LogP contribution in [0.25, 0.3) is 11.1 Å². The van der Waals surface area contributed by atoms with Gasteiger partial charge in [0.15, 0.2) is 0 Å². The molecule has 1 aliphatic rings. The monoisotopic (exact) mass is 378 g/mol. The standard InChI is InChI=1S/C22H22N2O2S/c25-22(20-7-4-13-26-20)24(16-21-23-12-14-27-21)15-17-8-10-19(11-9-17)18-5-2-1-3-6-18/h1-3,5-6,8-12,14,20H,4,7,13,15-16H2/t20-/m0/s1. The van der Waals surface area contributed by atoms with E-state index in [9.17, 15) is 4.79 Å². The van der Waals surface area contributed by atoms with Crippen molar-refractivity contribution in [1.29, 1.82) is 0 Å². The molecular formula is C22H22N2O2S. The van der Waals surface area contributed by atoms with E-state index < -0.39 is 0 Å². The third kappa shape index (κ3) is 4.43. The second-order valence-corrected chi connectivity index (χ2v) is 7.66. The summed E-state index contributed by atoms with van der Waals surface area (Å²) in [6, 6.07) is 18.7. The lowest BCUT2D eigenvalue weighted by molar-refractivity contribution is -0.142. The number of hydrogen-bond donors (Lipinski definition) is 0. The van der Waals surface area contributed by atoms with E-state index >= 15 is 0 Å². The molecule has 4 rings (SSSR count). The van der Waals surface area contributed by atoms with Gasteiger partial charge in [0.05, 0.1) is 6.54 Å². The van der Waals surface area contributed by atoms with Crippen LogP contribution in [-0.4, -0.2) is 28.5 Å². The number of amides is 1. The highest BCUT2D eigenvalue weighted by molar-refractivity contribution is 7.09. The maximum absolute atomic E-state index is 12.9. The van der Waals surface area contributed by atoms with Gasteiger partial charge in [0, 0.05) is 24.7 Å². The SMILES string of the molecule is O=C([C@@H]1CCCO1)N(Cc1ccc(-c2ccccc2)cc1)Cc1nccs1. The second kappa shape index (κ2) is 8.46. The smallest absolute Gasteiger partial charge is 0.252 e. The summed E-state index contributed by atoms with van der Waals surface area (Å²) in [6.07, 6.45) is 3.23. The van der Waals surface area contributed by atoms with Crippen LogP contribution in [0.2, 0.25) is 0 Å². The van der Waals surface area contributed by atoms with Crippen molar-refractivity contribution in [2.45, 2.75) is 32.0 Å². The number of ether oxygens (including phenoxy) is 1. The van der Waals surface area contributed by atoms with Gasteiger partial charge in [0.1, 0.15) is 11.1 Å². The van der Waals surface area contributed by atoms with Crippen LogP contribution in [0.1, 0.15) is 23.4 Å². The molecule has 1 fully saturated rings. The predicted octanol–water partition coefficient (Wildman–Crippen LogP) is 4.52. The molecule has 0 spiro atoms. The van der Waals surface area contributed by atoms with Crippen LogP contribution in [0, 0.1) is 0 Å². The number of aromatic nitrogens is 1. The van der Waals surface area contributed by atoms with Crippen LogP contribution in [-0.2, 0) is 22.6 Å². The minimum absolute atomic E-state index is 0.0647. The molecule has 0 aliphatic carbocycles. The maximum Gasteiger partial charge on any atom is 0.252 e. The van der Waals surface area contributed by atoms with Gasteiger partial charge in [-0.15, -0.1) is 11.3 Å². The molecule has 1 saturated heterocycles. The Labute approximate surface area is 163 Å². The first-order valence-electron chi connectivity index (χ1n) is 9.23. The Bertz CT molecular complexity index is 857. The zero-order chi connectivity index (χ0) is 18.5. The minimum Gasteiger partial charge on any atom is -0.368 e. The van der Waals surface area contributed by atoms with Crippen molar-refractivity contribution in [3.05, 3.63) is 76.7 Å². The van der Waals surface area contributed by atoms with Crippen LogP contribution in [0.15, 0.2) is 66.2 Å². The van der Waals surface area contributed by atoms with Crippen molar-refractivity contribution in [3.63, 3.8) is 0 Å². The molecule has 3 aromatic rings. The maximum atomic E-state index is 12.9. The van der Waals surface area contributed by atoms with Gasteiger partial charge in [-0.25, -0.2) is 4.98 Å². The van der Waals surface area contributed by atoms with Crippen molar-refractivity contribution < 1.29 is 9.53 Å².